The van der Waals surface area contributed by atoms with Crippen molar-refractivity contribution in [3.8, 4) is 0 Å². The normalized spacial score (nSPS) is 11.7. The van der Waals surface area contributed by atoms with Gasteiger partial charge in [-0.05, 0) is 38.5 Å². The number of hydrogen-bond acceptors (Lipinski definition) is 3. The van der Waals surface area contributed by atoms with Crippen LogP contribution in [0.2, 0.25) is 0 Å². The molecule has 0 aromatic heterocycles. The van der Waals surface area contributed by atoms with Gasteiger partial charge in [-0.3, -0.25) is 9.59 Å². The fraction of sp³-hybridized carbons (Fsp3) is 0.333. The molecule has 0 aliphatic carbocycles. The van der Waals surface area contributed by atoms with Crippen molar-refractivity contribution in [1.82, 2.24) is 10.2 Å². The summed E-state index contributed by atoms with van der Waals surface area (Å²) in [5.41, 5.74) is 2.20. The van der Waals surface area contributed by atoms with Crippen LogP contribution >= 0.6 is 11.8 Å². The van der Waals surface area contributed by atoms with Gasteiger partial charge in [0.25, 0.3) is 0 Å². The molecule has 26 heavy (non-hydrogen) atoms. The second kappa shape index (κ2) is 10.0. The molecule has 0 bridgehead atoms. The summed E-state index contributed by atoms with van der Waals surface area (Å²) in [7, 11) is 0. The number of hydrogen-bond donors (Lipinski definition) is 1. The lowest BCUT2D eigenvalue weighted by Crippen LogP contribution is -2.48. The average Bonchev–Trinajstić information content (AvgIpc) is 2.66. The predicted molar refractivity (Wildman–Crippen MR) is 107 cm³/mol. The Bertz CT molecular complexity index is 717. The van der Waals surface area contributed by atoms with Crippen LogP contribution in [0.25, 0.3) is 0 Å². The maximum absolute atomic E-state index is 12.9. The molecule has 0 aliphatic heterocycles. The van der Waals surface area contributed by atoms with Gasteiger partial charge >= 0.3 is 0 Å². The molecular weight excluding hydrogens is 344 g/mol. The van der Waals surface area contributed by atoms with E-state index < -0.39 is 6.04 Å². The van der Waals surface area contributed by atoms with E-state index in [4.69, 9.17) is 0 Å². The van der Waals surface area contributed by atoms with E-state index in [0.29, 0.717) is 18.8 Å². The Labute approximate surface area is 160 Å². The van der Waals surface area contributed by atoms with Crippen LogP contribution in [0.5, 0.6) is 0 Å². The van der Waals surface area contributed by atoms with Gasteiger partial charge in [0, 0.05) is 18.0 Å². The third kappa shape index (κ3) is 5.92. The summed E-state index contributed by atoms with van der Waals surface area (Å²) < 4.78 is 0. The number of rotatable bonds is 8. The Hall–Kier alpha value is -2.27. The molecule has 0 fully saturated rings. The summed E-state index contributed by atoms with van der Waals surface area (Å²) in [6, 6.07) is 17.3. The molecule has 1 N–H and O–H groups in total. The van der Waals surface area contributed by atoms with Crippen molar-refractivity contribution in [2.24, 2.45) is 0 Å². The Morgan fingerprint density at radius 1 is 1.08 bits per heavy atom. The summed E-state index contributed by atoms with van der Waals surface area (Å²) in [4.78, 5) is 27.8. The number of benzene rings is 2. The standard InChI is InChI=1S/C21H26N2O2S/c1-4-22-21(25)17(3)23(14-18-8-6-5-7-9-18)20(24)15-26-19-12-10-16(2)11-13-19/h5-13,17H,4,14-15H2,1-3H3,(H,22,25)/t17-/m0/s1. The minimum absolute atomic E-state index is 0.0434. The number of carbonyl (C=O) groups excluding carboxylic acids is 2. The van der Waals surface area contributed by atoms with E-state index >= 15 is 0 Å². The maximum atomic E-state index is 12.9. The molecule has 2 amide bonds. The molecule has 0 saturated heterocycles. The zero-order valence-electron chi connectivity index (χ0n) is 15.6. The predicted octanol–water partition coefficient (Wildman–Crippen LogP) is 3.64. The molecule has 0 radical (unpaired) electrons. The highest BCUT2D eigenvalue weighted by atomic mass is 32.2. The van der Waals surface area contributed by atoms with Crippen molar-refractivity contribution >= 4 is 23.6 Å². The molecule has 5 heteroatoms. The molecule has 2 aromatic carbocycles. The van der Waals surface area contributed by atoms with Gasteiger partial charge in [0.2, 0.25) is 11.8 Å². The Balaban J connectivity index is 2.09. The number of aryl methyl sites for hydroxylation is 1. The Morgan fingerprint density at radius 2 is 1.73 bits per heavy atom. The van der Waals surface area contributed by atoms with Crippen LogP contribution in [0.4, 0.5) is 0 Å². The Morgan fingerprint density at radius 3 is 2.35 bits per heavy atom. The van der Waals surface area contributed by atoms with E-state index in [0.717, 1.165) is 10.5 Å². The van der Waals surface area contributed by atoms with Crippen molar-refractivity contribution in [3.05, 3.63) is 65.7 Å². The van der Waals surface area contributed by atoms with Crippen LogP contribution < -0.4 is 5.32 Å². The smallest absolute Gasteiger partial charge is 0.242 e. The number of amides is 2. The van der Waals surface area contributed by atoms with E-state index in [1.807, 2.05) is 68.4 Å². The van der Waals surface area contributed by atoms with Crippen LogP contribution in [0.3, 0.4) is 0 Å². The molecule has 0 unspecified atom stereocenters. The highest BCUT2D eigenvalue weighted by Gasteiger charge is 2.25. The van der Waals surface area contributed by atoms with Gasteiger partial charge in [0.05, 0.1) is 5.75 Å². The quantitative estimate of drug-likeness (QED) is 0.722. The molecule has 138 valence electrons. The zero-order chi connectivity index (χ0) is 18.9. The van der Waals surface area contributed by atoms with Crippen LogP contribution in [0.1, 0.15) is 25.0 Å². The highest BCUT2D eigenvalue weighted by molar-refractivity contribution is 8.00. The lowest BCUT2D eigenvalue weighted by atomic mass is 10.1. The molecule has 0 aliphatic rings. The molecular formula is C21H26N2O2S. The lowest BCUT2D eigenvalue weighted by Gasteiger charge is -2.28. The SMILES string of the molecule is CCNC(=O)[C@H](C)N(Cc1ccccc1)C(=O)CSc1ccc(C)cc1. The first-order chi connectivity index (χ1) is 12.5. The van der Waals surface area contributed by atoms with Crippen LogP contribution in [0.15, 0.2) is 59.5 Å². The van der Waals surface area contributed by atoms with Gasteiger partial charge in [-0.1, -0.05) is 48.0 Å². The largest absolute Gasteiger partial charge is 0.355 e. The minimum atomic E-state index is -0.513. The van der Waals surface area contributed by atoms with Crippen LogP contribution in [-0.2, 0) is 16.1 Å². The lowest BCUT2D eigenvalue weighted by molar-refractivity contribution is -0.138. The second-order valence-electron chi connectivity index (χ2n) is 6.18. The third-order valence-corrected chi connectivity index (χ3v) is 5.09. The van der Waals surface area contributed by atoms with E-state index in [1.165, 1.54) is 17.3 Å². The van der Waals surface area contributed by atoms with E-state index in [-0.39, 0.29) is 11.8 Å². The van der Waals surface area contributed by atoms with Gasteiger partial charge in [-0.25, -0.2) is 0 Å². The topological polar surface area (TPSA) is 49.4 Å². The third-order valence-electron chi connectivity index (χ3n) is 4.10. The summed E-state index contributed by atoms with van der Waals surface area (Å²) >= 11 is 1.50. The van der Waals surface area contributed by atoms with Gasteiger partial charge in [0.1, 0.15) is 6.04 Å². The molecule has 0 heterocycles. The van der Waals surface area contributed by atoms with Gasteiger partial charge < -0.3 is 10.2 Å². The van der Waals surface area contributed by atoms with E-state index in [2.05, 4.69) is 5.32 Å². The van der Waals surface area contributed by atoms with Crippen molar-refractivity contribution in [3.63, 3.8) is 0 Å². The van der Waals surface area contributed by atoms with Crippen molar-refractivity contribution in [2.45, 2.75) is 38.3 Å². The molecule has 4 nitrogen and oxygen atoms in total. The monoisotopic (exact) mass is 370 g/mol. The summed E-state index contributed by atoms with van der Waals surface area (Å²) in [6.07, 6.45) is 0. The molecule has 1 atom stereocenters. The van der Waals surface area contributed by atoms with Gasteiger partial charge in [-0.15, -0.1) is 11.8 Å². The van der Waals surface area contributed by atoms with Crippen molar-refractivity contribution < 1.29 is 9.59 Å². The summed E-state index contributed by atoms with van der Waals surface area (Å²) in [5.74, 6) is 0.134. The average molecular weight is 371 g/mol. The van der Waals surface area contributed by atoms with Crippen molar-refractivity contribution in [1.29, 1.82) is 0 Å². The van der Waals surface area contributed by atoms with E-state index in [9.17, 15) is 9.59 Å². The van der Waals surface area contributed by atoms with E-state index in [1.54, 1.807) is 11.8 Å². The minimum Gasteiger partial charge on any atom is -0.355 e. The molecule has 2 aromatic rings. The second-order valence-corrected chi connectivity index (χ2v) is 7.23. The van der Waals surface area contributed by atoms with Crippen molar-refractivity contribution in [2.75, 3.05) is 12.3 Å². The molecule has 0 spiro atoms. The van der Waals surface area contributed by atoms with Gasteiger partial charge in [0.15, 0.2) is 0 Å². The fourth-order valence-corrected chi connectivity index (χ4v) is 3.33. The Kier molecular flexibility index (Phi) is 7.73. The number of carbonyl (C=O) groups is 2. The number of nitrogens with one attached hydrogen (secondary N) is 1. The van der Waals surface area contributed by atoms with Crippen LogP contribution in [0, 0.1) is 6.92 Å². The number of likely N-dealkylation sites (N-methyl/N-ethyl adjacent to an activating group) is 1. The van der Waals surface area contributed by atoms with Crippen LogP contribution in [-0.4, -0.2) is 35.1 Å². The first-order valence-electron chi connectivity index (χ1n) is 8.81. The highest BCUT2D eigenvalue weighted by Crippen LogP contribution is 2.20. The molecule has 0 saturated carbocycles. The number of nitrogens with zero attached hydrogens (tertiary/aromatic N) is 1. The zero-order valence-corrected chi connectivity index (χ0v) is 16.4. The number of thioether (sulfide) groups is 1. The fourth-order valence-electron chi connectivity index (χ4n) is 2.55. The first kappa shape index (κ1) is 20.0. The summed E-state index contributed by atoms with van der Waals surface area (Å²) in [6.45, 7) is 6.67. The first-order valence-corrected chi connectivity index (χ1v) is 9.80. The summed E-state index contributed by atoms with van der Waals surface area (Å²) in [5, 5.41) is 2.81. The molecule has 2 rings (SSSR count). The van der Waals surface area contributed by atoms with Gasteiger partial charge in [-0.2, -0.15) is 0 Å². The maximum Gasteiger partial charge on any atom is 0.242 e.